The number of nitrogens with one attached hydrogen (secondary N) is 2. The van der Waals surface area contributed by atoms with Gasteiger partial charge >= 0.3 is 0 Å². The first kappa shape index (κ1) is 21.5. The molecular formula is C24H27N7O. The summed E-state index contributed by atoms with van der Waals surface area (Å²) in [6, 6.07) is 11.5. The topological polar surface area (TPSA) is 113 Å². The average Bonchev–Trinajstić information content (AvgIpc) is 3.17. The quantitative estimate of drug-likeness (QED) is 0.442. The minimum atomic E-state index is -0.470. The second-order valence-electron chi connectivity index (χ2n) is 8.68. The van der Waals surface area contributed by atoms with E-state index in [0.29, 0.717) is 17.3 Å². The number of hydrogen-bond donors (Lipinski definition) is 3. The summed E-state index contributed by atoms with van der Waals surface area (Å²) in [6.45, 7) is 5.90. The van der Waals surface area contributed by atoms with Gasteiger partial charge in [-0.25, -0.2) is 9.97 Å². The fraction of sp³-hybridized carbons (Fsp3) is 0.250. The van der Waals surface area contributed by atoms with Crippen LogP contribution in [0.2, 0.25) is 0 Å². The number of nitrogens with two attached hydrogens (primary N) is 1. The molecule has 0 aliphatic rings. The van der Waals surface area contributed by atoms with Crippen LogP contribution in [-0.4, -0.2) is 44.8 Å². The van der Waals surface area contributed by atoms with E-state index in [1.165, 1.54) is 0 Å². The zero-order valence-corrected chi connectivity index (χ0v) is 18.9. The van der Waals surface area contributed by atoms with E-state index in [9.17, 15) is 4.79 Å². The number of rotatable bonds is 5. The van der Waals surface area contributed by atoms with Gasteiger partial charge in [0.2, 0.25) is 5.95 Å². The van der Waals surface area contributed by atoms with Crippen LogP contribution in [-0.2, 0) is 5.54 Å². The van der Waals surface area contributed by atoms with E-state index in [-0.39, 0.29) is 5.91 Å². The Hall–Kier alpha value is -3.78. The van der Waals surface area contributed by atoms with Crippen LogP contribution in [0.25, 0.3) is 22.3 Å². The lowest BCUT2D eigenvalue weighted by molar-refractivity contribution is 0.0823. The van der Waals surface area contributed by atoms with Crippen molar-refractivity contribution in [2.75, 3.05) is 19.4 Å². The summed E-state index contributed by atoms with van der Waals surface area (Å²) in [5.74, 6) is 0.391. The Kier molecular flexibility index (Phi) is 5.40. The third-order valence-corrected chi connectivity index (χ3v) is 5.24. The van der Waals surface area contributed by atoms with Crippen molar-refractivity contribution in [3.8, 4) is 11.4 Å². The van der Waals surface area contributed by atoms with Crippen LogP contribution in [0, 0.1) is 6.92 Å². The minimum Gasteiger partial charge on any atom is -0.350 e. The van der Waals surface area contributed by atoms with E-state index in [4.69, 9.17) is 5.73 Å². The third kappa shape index (κ3) is 4.31. The maximum atomic E-state index is 12.3. The van der Waals surface area contributed by atoms with Crippen molar-refractivity contribution in [1.29, 1.82) is 0 Å². The molecule has 4 aromatic rings. The Morgan fingerprint density at radius 1 is 1.06 bits per heavy atom. The molecule has 0 unspecified atom stereocenters. The predicted octanol–water partition coefficient (Wildman–Crippen LogP) is 3.97. The highest BCUT2D eigenvalue weighted by atomic mass is 16.2. The Morgan fingerprint density at radius 2 is 1.81 bits per heavy atom. The molecule has 0 fully saturated rings. The van der Waals surface area contributed by atoms with Gasteiger partial charge in [-0.15, -0.1) is 0 Å². The number of carbonyl (C=O) groups excluding carboxylic acids is 1. The van der Waals surface area contributed by atoms with Gasteiger partial charge in [-0.2, -0.15) is 0 Å². The normalized spacial score (nSPS) is 11.6. The second-order valence-corrected chi connectivity index (χ2v) is 8.68. The van der Waals surface area contributed by atoms with E-state index >= 15 is 0 Å². The SMILES string of the molecule is Cc1cc(Nc2nccc(-c3cc(C(C)(C)N)ccn3)n2)cc2cc(C(=O)N(C)C)[nH]c12. The molecule has 3 aromatic heterocycles. The molecule has 0 saturated heterocycles. The Balaban J connectivity index is 1.65. The molecule has 1 amide bonds. The van der Waals surface area contributed by atoms with E-state index in [1.807, 2.05) is 57.2 Å². The average molecular weight is 430 g/mol. The smallest absolute Gasteiger partial charge is 0.269 e. The fourth-order valence-electron chi connectivity index (χ4n) is 3.52. The molecular weight excluding hydrogens is 402 g/mol. The molecule has 0 bridgehead atoms. The molecule has 164 valence electrons. The highest BCUT2D eigenvalue weighted by Crippen LogP contribution is 2.27. The lowest BCUT2D eigenvalue weighted by Crippen LogP contribution is -2.28. The number of benzene rings is 1. The Bertz CT molecular complexity index is 1300. The van der Waals surface area contributed by atoms with E-state index in [0.717, 1.165) is 33.4 Å². The molecule has 3 heterocycles. The van der Waals surface area contributed by atoms with Crippen molar-refractivity contribution < 1.29 is 4.79 Å². The van der Waals surface area contributed by atoms with Crippen molar-refractivity contribution in [2.45, 2.75) is 26.3 Å². The summed E-state index contributed by atoms with van der Waals surface area (Å²) in [7, 11) is 3.47. The van der Waals surface area contributed by atoms with Gasteiger partial charge in [0, 0.05) is 48.6 Å². The molecule has 4 N–H and O–H groups in total. The van der Waals surface area contributed by atoms with Crippen LogP contribution in [0.15, 0.2) is 48.8 Å². The van der Waals surface area contributed by atoms with Gasteiger partial charge in [0.15, 0.2) is 0 Å². The molecule has 0 aliphatic carbocycles. The Labute approximate surface area is 186 Å². The van der Waals surface area contributed by atoms with Crippen LogP contribution >= 0.6 is 0 Å². The first-order chi connectivity index (χ1) is 15.1. The zero-order chi connectivity index (χ0) is 23.0. The van der Waals surface area contributed by atoms with Crippen LogP contribution in [0.4, 0.5) is 11.6 Å². The number of carbonyl (C=O) groups is 1. The number of anilines is 2. The first-order valence-electron chi connectivity index (χ1n) is 10.3. The van der Waals surface area contributed by atoms with Crippen LogP contribution in [0.1, 0.15) is 35.5 Å². The summed E-state index contributed by atoms with van der Waals surface area (Å²) in [4.78, 5) is 30.5. The zero-order valence-electron chi connectivity index (χ0n) is 18.9. The Morgan fingerprint density at radius 3 is 2.53 bits per heavy atom. The number of amides is 1. The van der Waals surface area contributed by atoms with Gasteiger partial charge in [0.25, 0.3) is 5.91 Å². The summed E-state index contributed by atoms with van der Waals surface area (Å²) in [5.41, 5.74) is 11.5. The molecule has 32 heavy (non-hydrogen) atoms. The molecule has 0 saturated carbocycles. The number of nitrogens with zero attached hydrogens (tertiary/aromatic N) is 4. The predicted molar refractivity (Wildman–Crippen MR) is 127 cm³/mol. The van der Waals surface area contributed by atoms with Gasteiger partial charge in [-0.1, -0.05) is 0 Å². The van der Waals surface area contributed by atoms with E-state index in [1.54, 1.807) is 31.4 Å². The number of aromatic nitrogens is 4. The molecule has 8 heteroatoms. The summed E-state index contributed by atoms with van der Waals surface area (Å²) in [5, 5.41) is 4.21. The highest BCUT2D eigenvalue weighted by Gasteiger charge is 2.16. The van der Waals surface area contributed by atoms with Crippen LogP contribution in [0.5, 0.6) is 0 Å². The number of H-pyrrole nitrogens is 1. The van der Waals surface area contributed by atoms with Crippen molar-refractivity contribution >= 4 is 28.4 Å². The molecule has 4 rings (SSSR count). The summed E-state index contributed by atoms with van der Waals surface area (Å²) in [6.07, 6.45) is 3.44. The first-order valence-corrected chi connectivity index (χ1v) is 10.3. The molecule has 0 spiro atoms. The van der Waals surface area contributed by atoms with Gasteiger partial charge in [-0.3, -0.25) is 9.78 Å². The van der Waals surface area contributed by atoms with Crippen molar-refractivity contribution in [3.63, 3.8) is 0 Å². The molecule has 0 radical (unpaired) electrons. The van der Waals surface area contributed by atoms with E-state index < -0.39 is 5.54 Å². The highest BCUT2D eigenvalue weighted by molar-refractivity contribution is 5.99. The van der Waals surface area contributed by atoms with Gasteiger partial charge in [0.05, 0.1) is 11.4 Å². The largest absolute Gasteiger partial charge is 0.350 e. The third-order valence-electron chi connectivity index (χ3n) is 5.24. The maximum Gasteiger partial charge on any atom is 0.269 e. The van der Waals surface area contributed by atoms with Crippen LogP contribution in [0.3, 0.4) is 0 Å². The number of pyridine rings is 1. The summed E-state index contributed by atoms with van der Waals surface area (Å²) >= 11 is 0. The number of hydrogen-bond acceptors (Lipinski definition) is 6. The lowest BCUT2D eigenvalue weighted by Gasteiger charge is -2.19. The number of fused-ring (bicyclic) bond motifs is 1. The number of aromatic amines is 1. The molecule has 8 nitrogen and oxygen atoms in total. The molecule has 1 aromatic carbocycles. The van der Waals surface area contributed by atoms with Crippen molar-refractivity contribution in [2.24, 2.45) is 5.73 Å². The standard InChI is InChI=1S/C24H27N7O/c1-14-10-17(11-15-12-20(29-21(14)15)22(32)31(4)5)28-23-27-9-7-18(30-23)19-13-16(6-8-26-19)24(2,3)25/h6-13,29H,25H2,1-5H3,(H,27,28,30). The maximum absolute atomic E-state index is 12.3. The minimum absolute atomic E-state index is 0.0680. The van der Waals surface area contributed by atoms with Crippen molar-refractivity contribution in [3.05, 3.63) is 65.6 Å². The van der Waals surface area contributed by atoms with Gasteiger partial charge < -0.3 is 20.9 Å². The molecule has 0 atom stereocenters. The summed E-state index contributed by atoms with van der Waals surface area (Å²) < 4.78 is 0. The van der Waals surface area contributed by atoms with E-state index in [2.05, 4.69) is 25.3 Å². The monoisotopic (exact) mass is 429 g/mol. The second kappa shape index (κ2) is 8.05. The van der Waals surface area contributed by atoms with Gasteiger partial charge in [0.1, 0.15) is 5.69 Å². The number of aryl methyl sites for hydroxylation is 1. The molecule has 0 aliphatic heterocycles. The fourth-order valence-corrected chi connectivity index (χ4v) is 3.52. The van der Waals surface area contributed by atoms with Crippen LogP contribution < -0.4 is 11.1 Å². The van der Waals surface area contributed by atoms with Crippen molar-refractivity contribution in [1.82, 2.24) is 24.8 Å². The lowest BCUT2D eigenvalue weighted by atomic mass is 9.96. The van der Waals surface area contributed by atoms with Gasteiger partial charge in [-0.05, 0) is 68.3 Å².